The number of phenolic OH excluding ortho intramolecular Hbond substituents is 1. The molecule has 0 radical (unpaired) electrons. The number of rotatable bonds is 2. The highest BCUT2D eigenvalue weighted by Gasteiger charge is 2.37. The lowest BCUT2D eigenvalue weighted by molar-refractivity contribution is -0.140. The zero-order valence-corrected chi connectivity index (χ0v) is 9.95. The lowest BCUT2D eigenvalue weighted by Gasteiger charge is -2.35. The van der Waals surface area contributed by atoms with Crippen LogP contribution in [0.1, 0.15) is 13.8 Å². The number of anilines is 1. The normalized spacial score (nSPS) is 20.0. The average Bonchev–Trinajstić information content (AvgIpc) is 2.30. The summed E-state index contributed by atoms with van der Waals surface area (Å²) >= 11 is 0. The van der Waals surface area contributed by atoms with Gasteiger partial charge in [0.2, 0.25) is 0 Å². The van der Waals surface area contributed by atoms with Crippen LogP contribution in [0.2, 0.25) is 0 Å². The summed E-state index contributed by atoms with van der Waals surface area (Å²) < 4.78 is 5.34. The zero-order valence-electron chi connectivity index (χ0n) is 9.95. The van der Waals surface area contributed by atoms with Crippen LogP contribution < -0.4 is 9.64 Å². The lowest BCUT2D eigenvalue weighted by atomic mass is 10.1. The molecular formula is C12H13NO5. The number of hydrogen-bond acceptors (Lipinski definition) is 4. The predicted octanol–water partition coefficient (Wildman–Crippen LogP) is 0.979. The van der Waals surface area contributed by atoms with Crippen LogP contribution in [0, 0.1) is 0 Å². The van der Waals surface area contributed by atoms with Crippen molar-refractivity contribution in [1.29, 1.82) is 0 Å². The fraction of sp³-hybridized carbons (Fsp3) is 0.333. The molecule has 6 nitrogen and oxygen atoms in total. The molecule has 1 aromatic rings. The molecule has 0 aromatic heterocycles. The number of amides is 1. The van der Waals surface area contributed by atoms with Crippen LogP contribution in [-0.2, 0) is 9.59 Å². The van der Waals surface area contributed by atoms with Crippen LogP contribution >= 0.6 is 0 Å². The van der Waals surface area contributed by atoms with Crippen LogP contribution in [0.4, 0.5) is 5.69 Å². The third-order valence-corrected chi connectivity index (χ3v) is 2.84. The smallest absolute Gasteiger partial charge is 0.326 e. The molecule has 0 fully saturated rings. The molecule has 2 N–H and O–H groups in total. The van der Waals surface area contributed by atoms with Crippen LogP contribution in [-0.4, -0.2) is 34.2 Å². The summed E-state index contributed by atoms with van der Waals surface area (Å²) in [6.07, 6.45) is -0.777. The molecule has 1 aliphatic rings. The Labute approximate surface area is 103 Å². The topological polar surface area (TPSA) is 87.1 Å². The van der Waals surface area contributed by atoms with E-state index in [1.807, 2.05) is 0 Å². The molecule has 1 heterocycles. The first kappa shape index (κ1) is 12.2. The summed E-state index contributed by atoms with van der Waals surface area (Å²) in [5.74, 6) is -1.21. The number of phenols is 1. The van der Waals surface area contributed by atoms with Crippen LogP contribution in [0.5, 0.6) is 11.5 Å². The number of carbonyl (C=O) groups is 2. The van der Waals surface area contributed by atoms with E-state index in [9.17, 15) is 14.7 Å². The van der Waals surface area contributed by atoms with Crippen molar-refractivity contribution in [3.05, 3.63) is 18.2 Å². The quantitative estimate of drug-likeness (QED) is 0.818. The minimum atomic E-state index is -1.10. The third kappa shape index (κ3) is 1.85. The van der Waals surface area contributed by atoms with Crippen molar-refractivity contribution in [2.75, 3.05) is 4.90 Å². The molecule has 0 aliphatic carbocycles. The van der Waals surface area contributed by atoms with Gasteiger partial charge in [-0.2, -0.15) is 0 Å². The first-order valence-corrected chi connectivity index (χ1v) is 5.47. The van der Waals surface area contributed by atoms with E-state index >= 15 is 0 Å². The largest absolute Gasteiger partial charge is 0.508 e. The Morgan fingerprint density at radius 3 is 2.78 bits per heavy atom. The first-order chi connectivity index (χ1) is 8.41. The number of aliphatic carboxylic acids is 1. The summed E-state index contributed by atoms with van der Waals surface area (Å²) in [6.45, 7) is 2.96. The molecule has 6 heteroatoms. The van der Waals surface area contributed by atoms with E-state index in [0.717, 1.165) is 0 Å². The molecule has 1 amide bonds. The number of aromatic hydroxyl groups is 1. The molecule has 2 unspecified atom stereocenters. The Morgan fingerprint density at radius 2 is 2.17 bits per heavy atom. The summed E-state index contributed by atoms with van der Waals surface area (Å²) in [5.41, 5.74) is 0.353. The molecule has 0 bridgehead atoms. The van der Waals surface area contributed by atoms with Crippen LogP contribution in [0.15, 0.2) is 18.2 Å². The molecule has 0 saturated carbocycles. The second-order valence-electron chi connectivity index (χ2n) is 4.13. The first-order valence-electron chi connectivity index (χ1n) is 5.47. The minimum Gasteiger partial charge on any atom is -0.508 e. The standard InChI is InChI=1S/C12H13NO5/c1-6(12(16)17)13-9-4-3-8(14)5-10(9)18-7(2)11(13)15/h3-7,14H,1-2H3,(H,16,17). The summed E-state index contributed by atoms with van der Waals surface area (Å²) in [5, 5.41) is 18.4. The Bertz CT molecular complexity index is 513. The van der Waals surface area contributed by atoms with Crippen molar-refractivity contribution in [2.24, 2.45) is 0 Å². The van der Waals surface area contributed by atoms with Gasteiger partial charge in [-0.1, -0.05) is 0 Å². The van der Waals surface area contributed by atoms with E-state index in [4.69, 9.17) is 9.84 Å². The van der Waals surface area contributed by atoms with Gasteiger partial charge < -0.3 is 14.9 Å². The van der Waals surface area contributed by atoms with Gasteiger partial charge in [0.05, 0.1) is 5.69 Å². The number of carboxylic acid groups (broad SMARTS) is 1. The minimum absolute atomic E-state index is 0.00164. The molecule has 0 saturated heterocycles. The van der Waals surface area contributed by atoms with Crippen molar-refractivity contribution in [3.63, 3.8) is 0 Å². The number of carbonyl (C=O) groups excluding carboxylic acids is 1. The van der Waals surface area contributed by atoms with E-state index in [-0.39, 0.29) is 5.75 Å². The van der Waals surface area contributed by atoms with E-state index < -0.39 is 24.0 Å². The van der Waals surface area contributed by atoms with Crippen LogP contribution in [0.3, 0.4) is 0 Å². The Hall–Kier alpha value is -2.24. The van der Waals surface area contributed by atoms with Crippen molar-refractivity contribution in [2.45, 2.75) is 26.0 Å². The zero-order chi connectivity index (χ0) is 13.4. The number of benzene rings is 1. The molecule has 1 aliphatic heterocycles. The second-order valence-corrected chi connectivity index (χ2v) is 4.13. The molecule has 96 valence electrons. The van der Waals surface area contributed by atoms with Crippen molar-refractivity contribution < 1.29 is 24.5 Å². The highest BCUT2D eigenvalue weighted by atomic mass is 16.5. The van der Waals surface area contributed by atoms with Gasteiger partial charge in [0.25, 0.3) is 5.91 Å². The maximum atomic E-state index is 12.0. The predicted molar refractivity (Wildman–Crippen MR) is 62.8 cm³/mol. The Balaban J connectivity index is 2.52. The number of carboxylic acids is 1. The Kier molecular flexibility index (Phi) is 2.86. The van der Waals surface area contributed by atoms with Crippen molar-refractivity contribution in [3.8, 4) is 11.5 Å². The molecule has 2 rings (SSSR count). The number of fused-ring (bicyclic) bond motifs is 1. The molecule has 18 heavy (non-hydrogen) atoms. The van der Waals surface area contributed by atoms with Gasteiger partial charge in [-0.15, -0.1) is 0 Å². The summed E-state index contributed by atoms with van der Waals surface area (Å²) in [7, 11) is 0. The van der Waals surface area contributed by atoms with Crippen molar-refractivity contribution >= 4 is 17.6 Å². The third-order valence-electron chi connectivity index (χ3n) is 2.84. The number of hydrogen-bond donors (Lipinski definition) is 2. The van der Waals surface area contributed by atoms with Gasteiger partial charge in [-0.05, 0) is 26.0 Å². The highest BCUT2D eigenvalue weighted by Crippen LogP contribution is 2.37. The van der Waals surface area contributed by atoms with E-state index in [0.29, 0.717) is 11.4 Å². The summed E-state index contributed by atoms with van der Waals surface area (Å²) in [4.78, 5) is 24.2. The second kappa shape index (κ2) is 4.21. The van der Waals surface area contributed by atoms with E-state index in [2.05, 4.69) is 0 Å². The number of ether oxygens (including phenoxy) is 1. The molecular weight excluding hydrogens is 238 g/mol. The van der Waals surface area contributed by atoms with Gasteiger partial charge in [-0.25, -0.2) is 4.79 Å². The average molecular weight is 251 g/mol. The fourth-order valence-electron chi connectivity index (χ4n) is 1.86. The van der Waals surface area contributed by atoms with E-state index in [1.54, 1.807) is 0 Å². The monoisotopic (exact) mass is 251 g/mol. The van der Waals surface area contributed by atoms with Gasteiger partial charge in [0.15, 0.2) is 6.10 Å². The fourth-order valence-corrected chi connectivity index (χ4v) is 1.86. The van der Waals surface area contributed by atoms with Gasteiger partial charge in [0, 0.05) is 6.07 Å². The van der Waals surface area contributed by atoms with Gasteiger partial charge in [-0.3, -0.25) is 9.69 Å². The highest BCUT2D eigenvalue weighted by molar-refractivity contribution is 6.04. The lowest BCUT2D eigenvalue weighted by Crippen LogP contribution is -2.51. The van der Waals surface area contributed by atoms with E-state index in [1.165, 1.54) is 36.9 Å². The summed E-state index contributed by atoms with van der Waals surface area (Å²) in [6, 6.07) is 3.22. The number of nitrogens with zero attached hydrogens (tertiary/aromatic N) is 1. The van der Waals surface area contributed by atoms with Gasteiger partial charge >= 0.3 is 5.97 Å². The maximum Gasteiger partial charge on any atom is 0.326 e. The van der Waals surface area contributed by atoms with Crippen LogP contribution in [0.25, 0.3) is 0 Å². The maximum absolute atomic E-state index is 12.0. The van der Waals surface area contributed by atoms with Gasteiger partial charge in [0.1, 0.15) is 17.5 Å². The molecule has 0 spiro atoms. The molecule has 2 atom stereocenters. The SMILES string of the molecule is CC1Oc2cc(O)ccc2N(C(C)C(=O)O)C1=O. The molecule has 1 aromatic carbocycles. The van der Waals surface area contributed by atoms with Crippen molar-refractivity contribution in [1.82, 2.24) is 0 Å². The Morgan fingerprint density at radius 1 is 1.50 bits per heavy atom.